The Hall–Kier alpha value is -1.30. The second-order valence-corrected chi connectivity index (χ2v) is 7.59. The molecule has 0 unspecified atom stereocenters. The molecule has 1 aromatic carbocycles. The van der Waals surface area contributed by atoms with Crippen LogP contribution in [0.25, 0.3) is 0 Å². The Balaban J connectivity index is 1.54. The van der Waals surface area contributed by atoms with Crippen LogP contribution >= 0.6 is 0 Å². The minimum absolute atomic E-state index is 0.509. The number of hydrogen-bond donors (Lipinski definition) is 1. The average Bonchev–Trinajstić information content (AvgIpc) is 2.70. The Kier molecular flexibility index (Phi) is 7.59. The lowest BCUT2D eigenvalue weighted by molar-refractivity contribution is 0.144. The molecule has 0 saturated carbocycles. The lowest BCUT2D eigenvalue weighted by atomic mass is 10.0. The normalized spacial score (nSPS) is 22.3. The highest BCUT2D eigenvalue weighted by atomic mass is 16.5. The van der Waals surface area contributed by atoms with Gasteiger partial charge in [-0.1, -0.05) is 18.9 Å². The lowest BCUT2D eigenvalue weighted by Crippen LogP contribution is -2.43. The Morgan fingerprint density at radius 3 is 2.62 bits per heavy atom. The molecule has 0 amide bonds. The minimum atomic E-state index is 0.509. The molecule has 26 heavy (non-hydrogen) atoms. The van der Waals surface area contributed by atoms with Crippen molar-refractivity contribution in [3.05, 3.63) is 23.8 Å². The van der Waals surface area contributed by atoms with Gasteiger partial charge < -0.3 is 15.2 Å². The van der Waals surface area contributed by atoms with E-state index < -0.39 is 0 Å². The molecule has 3 rings (SSSR count). The maximum atomic E-state index is 6.02. The summed E-state index contributed by atoms with van der Waals surface area (Å²) in [5.74, 6) is 1.68. The van der Waals surface area contributed by atoms with Gasteiger partial charge in [-0.2, -0.15) is 0 Å². The van der Waals surface area contributed by atoms with Gasteiger partial charge in [-0.25, -0.2) is 0 Å². The molecule has 2 heterocycles. The van der Waals surface area contributed by atoms with Crippen molar-refractivity contribution >= 4 is 0 Å². The number of rotatable bonds is 8. The van der Waals surface area contributed by atoms with Crippen LogP contribution in [-0.2, 0) is 6.54 Å². The summed E-state index contributed by atoms with van der Waals surface area (Å²) in [7, 11) is 1.72. The standard InChI is InChI=1S/C21H35N3O2/c1-25-21-15-18(17-24-12-6-3-7-19(24)16-22)8-9-20(21)26-14-13-23-10-4-2-5-11-23/h8-9,15,19H,2-7,10-14,16-17,22H2,1H3/t19-/m1/s1. The highest BCUT2D eigenvalue weighted by Gasteiger charge is 2.21. The molecule has 5 heteroatoms. The zero-order valence-electron chi connectivity index (χ0n) is 16.3. The van der Waals surface area contributed by atoms with E-state index in [1.807, 2.05) is 0 Å². The lowest BCUT2D eigenvalue weighted by Gasteiger charge is -2.35. The molecule has 2 aliphatic heterocycles. The molecule has 2 fully saturated rings. The summed E-state index contributed by atoms with van der Waals surface area (Å²) in [6.45, 7) is 6.95. The van der Waals surface area contributed by atoms with Gasteiger partial charge in [-0.15, -0.1) is 0 Å². The summed E-state index contributed by atoms with van der Waals surface area (Å²) < 4.78 is 11.6. The first-order chi connectivity index (χ1) is 12.8. The quantitative estimate of drug-likeness (QED) is 0.772. The number of nitrogens with two attached hydrogens (primary N) is 1. The molecule has 146 valence electrons. The van der Waals surface area contributed by atoms with E-state index in [0.717, 1.165) is 44.3 Å². The SMILES string of the molecule is COc1cc(CN2CCCC[C@@H]2CN)ccc1OCCN1CCCCC1. The van der Waals surface area contributed by atoms with Gasteiger partial charge in [0.2, 0.25) is 0 Å². The first kappa shape index (κ1) is 19.5. The van der Waals surface area contributed by atoms with Crippen LogP contribution in [0.5, 0.6) is 11.5 Å². The van der Waals surface area contributed by atoms with E-state index >= 15 is 0 Å². The third-order valence-electron chi connectivity index (χ3n) is 5.75. The molecule has 0 aromatic heterocycles. The van der Waals surface area contributed by atoms with Gasteiger partial charge in [-0.3, -0.25) is 9.80 Å². The van der Waals surface area contributed by atoms with Crippen molar-refractivity contribution in [2.45, 2.75) is 51.1 Å². The number of ether oxygens (including phenoxy) is 2. The van der Waals surface area contributed by atoms with Crippen LogP contribution in [-0.4, -0.2) is 62.3 Å². The number of benzene rings is 1. The van der Waals surface area contributed by atoms with E-state index in [1.165, 1.54) is 57.2 Å². The van der Waals surface area contributed by atoms with E-state index in [0.29, 0.717) is 6.04 Å². The van der Waals surface area contributed by atoms with E-state index in [9.17, 15) is 0 Å². The zero-order valence-corrected chi connectivity index (χ0v) is 16.3. The molecular formula is C21H35N3O2. The predicted octanol–water partition coefficient (Wildman–Crippen LogP) is 2.87. The molecule has 0 bridgehead atoms. The Morgan fingerprint density at radius 2 is 1.85 bits per heavy atom. The van der Waals surface area contributed by atoms with Crippen LogP contribution in [0.2, 0.25) is 0 Å². The van der Waals surface area contributed by atoms with Crippen molar-refractivity contribution < 1.29 is 9.47 Å². The van der Waals surface area contributed by atoms with Gasteiger partial charge in [0.25, 0.3) is 0 Å². The van der Waals surface area contributed by atoms with Gasteiger partial charge in [0, 0.05) is 25.7 Å². The number of methoxy groups -OCH3 is 1. The summed E-state index contributed by atoms with van der Waals surface area (Å²) >= 11 is 0. The van der Waals surface area contributed by atoms with Crippen LogP contribution < -0.4 is 15.2 Å². The first-order valence-corrected chi connectivity index (χ1v) is 10.3. The van der Waals surface area contributed by atoms with Crippen LogP contribution in [0.4, 0.5) is 0 Å². The molecule has 2 aliphatic rings. The van der Waals surface area contributed by atoms with E-state index in [1.54, 1.807) is 7.11 Å². The fraction of sp³-hybridized carbons (Fsp3) is 0.714. The number of hydrogen-bond acceptors (Lipinski definition) is 5. The molecule has 1 atom stereocenters. The van der Waals surface area contributed by atoms with Crippen LogP contribution in [0.1, 0.15) is 44.1 Å². The molecular weight excluding hydrogens is 326 g/mol. The fourth-order valence-corrected chi connectivity index (χ4v) is 4.17. The fourth-order valence-electron chi connectivity index (χ4n) is 4.17. The Bertz CT molecular complexity index is 546. The van der Waals surface area contributed by atoms with Crippen molar-refractivity contribution in [3.63, 3.8) is 0 Å². The summed E-state index contributed by atoms with van der Waals surface area (Å²) in [6, 6.07) is 6.86. The summed E-state index contributed by atoms with van der Waals surface area (Å²) in [5, 5.41) is 0. The second kappa shape index (κ2) is 10.1. The van der Waals surface area contributed by atoms with Gasteiger partial charge >= 0.3 is 0 Å². The van der Waals surface area contributed by atoms with Gasteiger partial charge in [0.1, 0.15) is 6.61 Å². The first-order valence-electron chi connectivity index (χ1n) is 10.3. The highest BCUT2D eigenvalue weighted by Crippen LogP contribution is 2.29. The highest BCUT2D eigenvalue weighted by molar-refractivity contribution is 5.43. The predicted molar refractivity (Wildman–Crippen MR) is 106 cm³/mol. The van der Waals surface area contributed by atoms with Crippen LogP contribution in [0.3, 0.4) is 0 Å². The van der Waals surface area contributed by atoms with E-state index in [4.69, 9.17) is 15.2 Å². The smallest absolute Gasteiger partial charge is 0.161 e. The van der Waals surface area contributed by atoms with Crippen molar-refractivity contribution in [1.29, 1.82) is 0 Å². The van der Waals surface area contributed by atoms with Crippen molar-refractivity contribution in [2.24, 2.45) is 5.73 Å². The number of likely N-dealkylation sites (tertiary alicyclic amines) is 2. The monoisotopic (exact) mass is 361 g/mol. The maximum Gasteiger partial charge on any atom is 0.161 e. The molecule has 0 aliphatic carbocycles. The molecule has 5 nitrogen and oxygen atoms in total. The van der Waals surface area contributed by atoms with E-state index in [-0.39, 0.29) is 0 Å². The van der Waals surface area contributed by atoms with E-state index in [2.05, 4.69) is 28.0 Å². The number of piperidine rings is 2. The number of nitrogens with zero attached hydrogens (tertiary/aromatic N) is 2. The van der Waals surface area contributed by atoms with Gasteiger partial charge in [0.05, 0.1) is 7.11 Å². The third kappa shape index (κ3) is 5.35. The molecule has 0 spiro atoms. The summed E-state index contributed by atoms with van der Waals surface area (Å²) in [5.41, 5.74) is 7.22. The minimum Gasteiger partial charge on any atom is -0.493 e. The third-order valence-corrected chi connectivity index (χ3v) is 5.75. The van der Waals surface area contributed by atoms with Gasteiger partial charge in [0.15, 0.2) is 11.5 Å². The van der Waals surface area contributed by atoms with Crippen molar-refractivity contribution in [2.75, 3.05) is 46.4 Å². The second-order valence-electron chi connectivity index (χ2n) is 7.59. The average molecular weight is 362 g/mol. The Morgan fingerprint density at radius 1 is 1.04 bits per heavy atom. The van der Waals surface area contributed by atoms with Crippen LogP contribution in [0, 0.1) is 0 Å². The molecule has 2 N–H and O–H groups in total. The molecule has 2 saturated heterocycles. The maximum absolute atomic E-state index is 6.02. The summed E-state index contributed by atoms with van der Waals surface area (Å²) in [4.78, 5) is 5.00. The van der Waals surface area contributed by atoms with Crippen LogP contribution in [0.15, 0.2) is 18.2 Å². The Labute approximate surface area is 158 Å². The van der Waals surface area contributed by atoms with Gasteiger partial charge in [-0.05, 0) is 63.0 Å². The molecule has 0 radical (unpaired) electrons. The zero-order chi connectivity index (χ0) is 18.2. The summed E-state index contributed by atoms with van der Waals surface area (Å²) in [6.07, 6.45) is 7.79. The van der Waals surface area contributed by atoms with Crippen molar-refractivity contribution in [3.8, 4) is 11.5 Å². The topological polar surface area (TPSA) is 51.0 Å². The largest absolute Gasteiger partial charge is 0.493 e. The molecule has 1 aromatic rings. The van der Waals surface area contributed by atoms with Crippen molar-refractivity contribution in [1.82, 2.24) is 9.80 Å².